The highest BCUT2D eigenvalue weighted by Gasteiger charge is 2.37. The van der Waals surface area contributed by atoms with E-state index < -0.39 is 18.7 Å². The first kappa shape index (κ1) is 11.5. The highest BCUT2D eigenvalue weighted by atomic mass is 19.4. The normalized spacial score (nSPS) is 13.3. The number of nitrogens with zero attached hydrogens (tertiary/aromatic N) is 1. The van der Waals surface area contributed by atoms with Gasteiger partial charge in [-0.15, -0.1) is 0 Å². The molecule has 0 heterocycles. The van der Waals surface area contributed by atoms with Crippen molar-refractivity contribution in [2.24, 2.45) is 0 Å². The predicted molar refractivity (Wildman–Crippen MR) is 46.9 cm³/mol. The molecule has 1 N–H and O–H groups in total. The van der Waals surface area contributed by atoms with Gasteiger partial charge in [-0.1, -0.05) is 12.1 Å². The molecule has 0 aromatic heterocycles. The summed E-state index contributed by atoms with van der Waals surface area (Å²) in [4.78, 5) is 0. The van der Waals surface area contributed by atoms with E-state index in [1.54, 1.807) is 0 Å². The summed E-state index contributed by atoms with van der Waals surface area (Å²) in [5.41, 5.74) is 0.721. The summed E-state index contributed by atoms with van der Waals surface area (Å²) < 4.78 is 35.9. The molecule has 0 aliphatic heterocycles. The summed E-state index contributed by atoms with van der Waals surface area (Å²) in [6, 6.07) is 7.48. The van der Waals surface area contributed by atoms with Crippen LogP contribution in [0, 0.1) is 11.3 Å². The number of nitriles is 1. The van der Waals surface area contributed by atoms with Gasteiger partial charge in [0, 0.05) is 6.42 Å². The Balaban J connectivity index is 2.70. The van der Waals surface area contributed by atoms with E-state index in [1.807, 2.05) is 6.07 Å². The lowest BCUT2D eigenvalue weighted by atomic mass is 10.1. The predicted octanol–water partition coefficient (Wildman–Crippen LogP) is 2.02. The number of rotatable bonds is 2. The van der Waals surface area contributed by atoms with Crippen molar-refractivity contribution >= 4 is 0 Å². The Labute approximate surface area is 84.6 Å². The minimum Gasteiger partial charge on any atom is -0.383 e. The molecule has 1 aromatic carbocycles. The Morgan fingerprint density at radius 1 is 1.27 bits per heavy atom. The average molecular weight is 215 g/mol. The van der Waals surface area contributed by atoms with E-state index in [0.717, 1.165) is 0 Å². The lowest BCUT2D eigenvalue weighted by Gasteiger charge is -2.14. The molecule has 0 saturated carbocycles. The molecule has 0 saturated heterocycles. The van der Waals surface area contributed by atoms with Gasteiger partial charge < -0.3 is 5.11 Å². The van der Waals surface area contributed by atoms with Crippen molar-refractivity contribution in [1.82, 2.24) is 0 Å². The van der Waals surface area contributed by atoms with E-state index in [-0.39, 0.29) is 0 Å². The Bertz CT molecular complexity index is 364. The second-order valence-electron chi connectivity index (χ2n) is 3.07. The number of alkyl halides is 3. The molecule has 0 fully saturated rings. The van der Waals surface area contributed by atoms with Crippen LogP contribution in [-0.2, 0) is 6.42 Å². The average Bonchev–Trinajstić information content (AvgIpc) is 2.17. The van der Waals surface area contributed by atoms with Crippen LogP contribution in [0.5, 0.6) is 0 Å². The molecule has 2 nitrogen and oxygen atoms in total. The zero-order valence-electron chi connectivity index (χ0n) is 7.62. The maximum Gasteiger partial charge on any atom is 0.414 e. The Hall–Kier alpha value is -1.54. The maximum atomic E-state index is 12.0. The summed E-state index contributed by atoms with van der Waals surface area (Å²) >= 11 is 0. The fourth-order valence-electron chi connectivity index (χ4n) is 1.05. The summed E-state index contributed by atoms with van der Waals surface area (Å²) in [5, 5.41) is 17.2. The molecular formula is C10H8F3NO. The standard InChI is InChI=1S/C10H8F3NO/c11-10(12,13)9(15)5-7-1-3-8(6-14)4-2-7/h1-4,9,15H,5H2. The van der Waals surface area contributed by atoms with Crippen molar-refractivity contribution in [1.29, 1.82) is 5.26 Å². The molecule has 0 amide bonds. The van der Waals surface area contributed by atoms with Crippen molar-refractivity contribution in [2.75, 3.05) is 0 Å². The number of halogens is 3. The first-order chi connectivity index (χ1) is 6.93. The van der Waals surface area contributed by atoms with Crippen LogP contribution in [0.3, 0.4) is 0 Å². The topological polar surface area (TPSA) is 44.0 Å². The third-order valence-electron chi connectivity index (χ3n) is 1.89. The summed E-state index contributed by atoms with van der Waals surface area (Å²) in [6.45, 7) is 0. The molecular weight excluding hydrogens is 207 g/mol. The SMILES string of the molecule is N#Cc1ccc(CC(O)C(F)(F)F)cc1. The number of hydrogen-bond acceptors (Lipinski definition) is 2. The van der Waals surface area contributed by atoms with Gasteiger partial charge in [-0.2, -0.15) is 18.4 Å². The molecule has 1 unspecified atom stereocenters. The molecule has 0 aliphatic rings. The second kappa shape index (κ2) is 4.32. The monoisotopic (exact) mass is 215 g/mol. The molecule has 0 aliphatic carbocycles. The number of benzene rings is 1. The third-order valence-corrected chi connectivity index (χ3v) is 1.89. The van der Waals surface area contributed by atoms with E-state index in [9.17, 15) is 13.2 Å². The summed E-state index contributed by atoms with van der Waals surface area (Å²) in [5.74, 6) is 0. The zero-order valence-corrected chi connectivity index (χ0v) is 7.62. The Morgan fingerprint density at radius 3 is 2.20 bits per heavy atom. The van der Waals surface area contributed by atoms with Gasteiger partial charge in [-0.25, -0.2) is 0 Å². The molecule has 1 rings (SSSR count). The summed E-state index contributed by atoms with van der Waals surface area (Å²) in [6.07, 6.45) is -7.45. The van der Waals surface area contributed by atoms with Crippen LogP contribution in [0.1, 0.15) is 11.1 Å². The van der Waals surface area contributed by atoms with Crippen LogP contribution in [0.25, 0.3) is 0 Å². The zero-order chi connectivity index (χ0) is 11.5. The smallest absolute Gasteiger partial charge is 0.383 e. The van der Waals surface area contributed by atoms with Crippen LogP contribution < -0.4 is 0 Å². The first-order valence-electron chi connectivity index (χ1n) is 4.17. The maximum absolute atomic E-state index is 12.0. The van der Waals surface area contributed by atoms with E-state index in [2.05, 4.69) is 0 Å². The van der Waals surface area contributed by atoms with Gasteiger partial charge in [0.15, 0.2) is 6.10 Å². The molecule has 0 radical (unpaired) electrons. The molecule has 0 bridgehead atoms. The minimum absolute atomic E-state index is 0.346. The van der Waals surface area contributed by atoms with Crippen molar-refractivity contribution in [3.05, 3.63) is 35.4 Å². The quantitative estimate of drug-likeness (QED) is 0.820. The van der Waals surface area contributed by atoms with Crippen molar-refractivity contribution in [3.63, 3.8) is 0 Å². The fourth-order valence-corrected chi connectivity index (χ4v) is 1.05. The van der Waals surface area contributed by atoms with E-state index >= 15 is 0 Å². The lowest BCUT2D eigenvalue weighted by Crippen LogP contribution is -2.30. The lowest BCUT2D eigenvalue weighted by molar-refractivity contribution is -0.203. The van der Waals surface area contributed by atoms with Crippen molar-refractivity contribution in [2.45, 2.75) is 18.7 Å². The summed E-state index contributed by atoms with van der Waals surface area (Å²) in [7, 11) is 0. The van der Waals surface area contributed by atoms with Gasteiger partial charge in [0.2, 0.25) is 0 Å². The van der Waals surface area contributed by atoms with Crippen LogP contribution in [0.15, 0.2) is 24.3 Å². The minimum atomic E-state index is -4.60. The second-order valence-corrected chi connectivity index (χ2v) is 3.07. The van der Waals surface area contributed by atoms with Gasteiger partial charge in [0.25, 0.3) is 0 Å². The van der Waals surface area contributed by atoms with Gasteiger partial charge in [0.1, 0.15) is 0 Å². The van der Waals surface area contributed by atoms with E-state index in [4.69, 9.17) is 10.4 Å². The molecule has 80 valence electrons. The molecule has 1 aromatic rings. The van der Waals surface area contributed by atoms with Crippen LogP contribution in [0.4, 0.5) is 13.2 Å². The van der Waals surface area contributed by atoms with Crippen molar-refractivity contribution < 1.29 is 18.3 Å². The largest absolute Gasteiger partial charge is 0.414 e. The van der Waals surface area contributed by atoms with Crippen LogP contribution in [0.2, 0.25) is 0 Å². The first-order valence-corrected chi connectivity index (χ1v) is 4.17. The highest BCUT2D eigenvalue weighted by Crippen LogP contribution is 2.22. The highest BCUT2D eigenvalue weighted by molar-refractivity contribution is 5.31. The van der Waals surface area contributed by atoms with Crippen molar-refractivity contribution in [3.8, 4) is 6.07 Å². The van der Waals surface area contributed by atoms with Gasteiger partial charge in [-0.05, 0) is 17.7 Å². The number of aliphatic hydroxyl groups excluding tert-OH is 1. The van der Waals surface area contributed by atoms with Gasteiger partial charge >= 0.3 is 6.18 Å². The van der Waals surface area contributed by atoms with Gasteiger partial charge in [0.05, 0.1) is 11.6 Å². The Kier molecular flexibility index (Phi) is 3.32. The van der Waals surface area contributed by atoms with Gasteiger partial charge in [-0.3, -0.25) is 0 Å². The molecule has 5 heteroatoms. The fraction of sp³-hybridized carbons (Fsp3) is 0.300. The molecule has 15 heavy (non-hydrogen) atoms. The van der Waals surface area contributed by atoms with Crippen LogP contribution >= 0.6 is 0 Å². The van der Waals surface area contributed by atoms with Crippen LogP contribution in [-0.4, -0.2) is 17.4 Å². The van der Waals surface area contributed by atoms with E-state index in [1.165, 1.54) is 24.3 Å². The number of aliphatic hydroxyl groups is 1. The molecule has 0 spiro atoms. The third kappa shape index (κ3) is 3.26. The molecule has 1 atom stereocenters. The number of hydrogen-bond donors (Lipinski definition) is 1. The Morgan fingerprint density at radius 2 is 1.80 bits per heavy atom. The van der Waals surface area contributed by atoms with E-state index in [0.29, 0.717) is 11.1 Å².